The lowest BCUT2D eigenvalue weighted by molar-refractivity contribution is -0.128. The Morgan fingerprint density at radius 1 is 1.06 bits per heavy atom. The topological polar surface area (TPSA) is 72.3 Å². The number of benzene rings is 2. The van der Waals surface area contributed by atoms with Crippen LogP contribution >= 0.6 is 11.3 Å². The molecule has 0 radical (unpaired) electrons. The van der Waals surface area contributed by atoms with E-state index in [0.717, 1.165) is 27.4 Å². The predicted octanol–water partition coefficient (Wildman–Crippen LogP) is 4.83. The minimum atomic E-state index is -3.12. The molecule has 0 aliphatic carbocycles. The van der Waals surface area contributed by atoms with Crippen LogP contribution in [0, 0.1) is 0 Å². The summed E-state index contributed by atoms with van der Waals surface area (Å²) in [6.07, 6.45) is 5.69. The van der Waals surface area contributed by atoms with Crippen LogP contribution in [0.5, 0.6) is 0 Å². The number of amides is 1. The predicted molar refractivity (Wildman–Crippen MR) is 140 cm³/mol. The van der Waals surface area contributed by atoms with Crippen LogP contribution in [0.1, 0.15) is 16.9 Å². The van der Waals surface area contributed by atoms with E-state index in [4.69, 9.17) is 5.10 Å². The first-order valence-electron chi connectivity index (χ1n) is 11.4. The van der Waals surface area contributed by atoms with E-state index in [2.05, 4.69) is 0 Å². The molecule has 0 saturated carbocycles. The smallest absolute Gasteiger partial charge is 0.247 e. The molecule has 3 heterocycles. The Morgan fingerprint density at radius 2 is 1.80 bits per heavy atom. The van der Waals surface area contributed by atoms with E-state index in [1.807, 2.05) is 84.4 Å². The lowest BCUT2D eigenvalue weighted by Crippen LogP contribution is -2.39. The molecule has 1 fully saturated rings. The standard InChI is InChI=1S/C27H25N3O3S2/c31-26(29(19-25-12-7-16-34-25)24-15-17-35(32,33)20-24)14-13-22-18-30(23-10-5-2-6-11-23)28-27(22)21-8-3-1-4-9-21/h1-14,16,18,24H,15,17,19-20H2. The van der Waals surface area contributed by atoms with Gasteiger partial charge in [-0.3, -0.25) is 4.79 Å². The summed E-state index contributed by atoms with van der Waals surface area (Å²) in [5, 5.41) is 6.76. The van der Waals surface area contributed by atoms with Crippen molar-refractivity contribution in [3.05, 3.63) is 101 Å². The van der Waals surface area contributed by atoms with Crippen molar-refractivity contribution >= 4 is 33.2 Å². The number of carbonyl (C=O) groups is 1. The van der Waals surface area contributed by atoms with E-state index < -0.39 is 9.84 Å². The van der Waals surface area contributed by atoms with Gasteiger partial charge in [-0.25, -0.2) is 13.1 Å². The SMILES string of the molecule is O=C(C=Cc1cn(-c2ccccc2)nc1-c1ccccc1)N(Cc1cccs1)C1CCS(=O)(=O)C1. The average Bonchev–Trinajstić information content (AvgIpc) is 3.62. The summed E-state index contributed by atoms with van der Waals surface area (Å²) in [4.78, 5) is 16.1. The van der Waals surface area contributed by atoms with Gasteiger partial charge in [0.15, 0.2) is 9.84 Å². The molecule has 2 aromatic carbocycles. The molecule has 1 amide bonds. The van der Waals surface area contributed by atoms with Crippen molar-refractivity contribution in [1.29, 1.82) is 0 Å². The van der Waals surface area contributed by atoms with Crippen molar-refractivity contribution in [1.82, 2.24) is 14.7 Å². The van der Waals surface area contributed by atoms with Crippen LogP contribution < -0.4 is 0 Å². The van der Waals surface area contributed by atoms with Crippen LogP contribution in [0.25, 0.3) is 23.0 Å². The Labute approximate surface area is 209 Å². The number of thiophene rings is 1. The van der Waals surface area contributed by atoms with Gasteiger partial charge in [-0.15, -0.1) is 11.3 Å². The lowest BCUT2D eigenvalue weighted by Gasteiger charge is -2.26. The van der Waals surface area contributed by atoms with E-state index >= 15 is 0 Å². The number of rotatable bonds is 7. The van der Waals surface area contributed by atoms with Gasteiger partial charge in [0.05, 0.1) is 29.4 Å². The van der Waals surface area contributed by atoms with Crippen molar-refractivity contribution in [3.8, 4) is 16.9 Å². The zero-order valence-corrected chi connectivity index (χ0v) is 20.7. The first-order valence-corrected chi connectivity index (χ1v) is 14.1. The van der Waals surface area contributed by atoms with Crippen LogP contribution in [-0.2, 0) is 21.2 Å². The first kappa shape index (κ1) is 23.3. The molecule has 4 aromatic rings. The maximum atomic E-state index is 13.4. The fourth-order valence-corrected chi connectivity index (χ4v) is 6.71. The highest BCUT2D eigenvalue weighted by Gasteiger charge is 2.34. The number of nitrogens with zero attached hydrogens (tertiary/aromatic N) is 3. The maximum Gasteiger partial charge on any atom is 0.247 e. The molecule has 8 heteroatoms. The summed E-state index contributed by atoms with van der Waals surface area (Å²) in [6.45, 7) is 0.399. The second kappa shape index (κ2) is 10.0. The average molecular weight is 504 g/mol. The summed E-state index contributed by atoms with van der Waals surface area (Å²) in [5.41, 5.74) is 3.45. The zero-order valence-electron chi connectivity index (χ0n) is 19.0. The van der Waals surface area contributed by atoms with Gasteiger partial charge >= 0.3 is 0 Å². The highest BCUT2D eigenvalue weighted by molar-refractivity contribution is 7.91. The Kier molecular flexibility index (Phi) is 6.66. The van der Waals surface area contributed by atoms with Gasteiger partial charge in [0, 0.05) is 34.3 Å². The molecule has 1 atom stereocenters. The Morgan fingerprint density at radius 3 is 2.46 bits per heavy atom. The van der Waals surface area contributed by atoms with Crippen LogP contribution in [0.3, 0.4) is 0 Å². The Balaban J connectivity index is 1.47. The number of hydrogen-bond donors (Lipinski definition) is 0. The number of aromatic nitrogens is 2. The Hall–Kier alpha value is -3.49. The summed E-state index contributed by atoms with van der Waals surface area (Å²) in [7, 11) is -3.12. The van der Waals surface area contributed by atoms with Gasteiger partial charge in [0.2, 0.25) is 5.91 Å². The molecular weight excluding hydrogens is 478 g/mol. The normalized spacial score (nSPS) is 17.1. The third-order valence-corrected chi connectivity index (χ3v) is 8.67. The van der Waals surface area contributed by atoms with E-state index in [9.17, 15) is 13.2 Å². The molecule has 35 heavy (non-hydrogen) atoms. The fourth-order valence-electron chi connectivity index (χ4n) is 4.28. The highest BCUT2D eigenvalue weighted by atomic mass is 32.2. The first-order chi connectivity index (χ1) is 17.0. The van der Waals surface area contributed by atoms with E-state index in [0.29, 0.717) is 13.0 Å². The molecule has 0 spiro atoms. The van der Waals surface area contributed by atoms with Gasteiger partial charge in [-0.2, -0.15) is 5.10 Å². The monoisotopic (exact) mass is 503 g/mol. The van der Waals surface area contributed by atoms with Crippen molar-refractivity contribution in [2.45, 2.75) is 19.0 Å². The molecule has 0 N–H and O–H groups in total. The number of carbonyl (C=O) groups excluding carboxylic acids is 1. The summed E-state index contributed by atoms with van der Waals surface area (Å²) < 4.78 is 26.1. The molecule has 6 nitrogen and oxygen atoms in total. The molecular formula is C27H25N3O3S2. The minimum absolute atomic E-state index is 0.0131. The quantitative estimate of drug-likeness (QED) is 0.339. The van der Waals surface area contributed by atoms with Gasteiger partial charge in [-0.1, -0.05) is 54.6 Å². The van der Waals surface area contributed by atoms with Crippen molar-refractivity contribution in [2.24, 2.45) is 0 Å². The molecule has 2 aromatic heterocycles. The van der Waals surface area contributed by atoms with Crippen LogP contribution in [-0.4, -0.2) is 46.6 Å². The minimum Gasteiger partial charge on any atom is -0.330 e. The summed E-state index contributed by atoms with van der Waals surface area (Å²) >= 11 is 1.56. The van der Waals surface area contributed by atoms with Crippen LogP contribution in [0.2, 0.25) is 0 Å². The number of sulfone groups is 1. The van der Waals surface area contributed by atoms with E-state index in [1.54, 1.807) is 27.0 Å². The van der Waals surface area contributed by atoms with Crippen LogP contribution in [0.4, 0.5) is 0 Å². The second-order valence-electron chi connectivity index (χ2n) is 8.51. The molecule has 1 unspecified atom stereocenters. The van der Waals surface area contributed by atoms with Crippen molar-refractivity contribution in [2.75, 3.05) is 11.5 Å². The number of hydrogen-bond acceptors (Lipinski definition) is 5. The largest absolute Gasteiger partial charge is 0.330 e. The zero-order chi connectivity index (χ0) is 24.3. The lowest BCUT2D eigenvalue weighted by atomic mass is 10.1. The maximum absolute atomic E-state index is 13.4. The van der Waals surface area contributed by atoms with Gasteiger partial charge in [0.1, 0.15) is 0 Å². The summed E-state index contributed by atoms with van der Waals surface area (Å²) in [6, 6.07) is 23.2. The molecule has 178 valence electrons. The number of para-hydroxylation sites is 1. The molecule has 5 rings (SSSR count). The Bertz CT molecular complexity index is 1430. The van der Waals surface area contributed by atoms with Gasteiger partial charge < -0.3 is 4.90 Å². The fraction of sp³-hybridized carbons (Fsp3) is 0.185. The third kappa shape index (κ3) is 5.44. The van der Waals surface area contributed by atoms with Gasteiger partial charge in [0.25, 0.3) is 0 Å². The second-order valence-corrected chi connectivity index (χ2v) is 11.8. The van der Waals surface area contributed by atoms with Crippen molar-refractivity contribution < 1.29 is 13.2 Å². The molecule has 0 bridgehead atoms. The van der Waals surface area contributed by atoms with Crippen molar-refractivity contribution in [3.63, 3.8) is 0 Å². The summed E-state index contributed by atoms with van der Waals surface area (Å²) in [5.74, 6) is -0.0662. The molecule has 1 aliphatic rings. The van der Waals surface area contributed by atoms with E-state index in [-0.39, 0.29) is 23.5 Å². The van der Waals surface area contributed by atoms with Crippen LogP contribution in [0.15, 0.2) is 90.4 Å². The highest BCUT2D eigenvalue weighted by Crippen LogP contribution is 2.26. The van der Waals surface area contributed by atoms with Gasteiger partial charge in [-0.05, 0) is 36.1 Å². The molecule has 1 aliphatic heterocycles. The molecule has 1 saturated heterocycles. The van der Waals surface area contributed by atoms with E-state index in [1.165, 1.54) is 6.08 Å². The third-order valence-electron chi connectivity index (χ3n) is 6.05.